The van der Waals surface area contributed by atoms with E-state index < -0.39 is 11.9 Å². The van der Waals surface area contributed by atoms with Crippen molar-refractivity contribution in [2.75, 3.05) is 13.2 Å². The number of ketones is 1. The minimum Gasteiger partial charge on any atom is -0.490 e. The van der Waals surface area contributed by atoms with Crippen molar-refractivity contribution in [3.63, 3.8) is 0 Å². The number of Topliss-reactive ketones (excluding diaryl/α,β-unsaturated/α-hetero) is 1. The van der Waals surface area contributed by atoms with Gasteiger partial charge in [0.2, 0.25) is 0 Å². The molecule has 0 bridgehead atoms. The highest BCUT2D eigenvalue weighted by molar-refractivity contribution is 6.23. The van der Waals surface area contributed by atoms with Crippen molar-refractivity contribution in [1.29, 1.82) is 0 Å². The largest absolute Gasteiger partial charge is 0.490 e. The second kappa shape index (κ2) is 10.5. The Bertz CT molecular complexity index is 1490. The van der Waals surface area contributed by atoms with E-state index in [-0.39, 0.29) is 24.8 Å². The molecule has 0 saturated heterocycles. The van der Waals surface area contributed by atoms with Gasteiger partial charge in [-0.1, -0.05) is 42.5 Å². The third-order valence-electron chi connectivity index (χ3n) is 6.63. The third-order valence-corrected chi connectivity index (χ3v) is 6.63. The zero-order valence-corrected chi connectivity index (χ0v) is 21.5. The minimum atomic E-state index is -0.665. The number of rotatable bonds is 8. The molecule has 1 N–H and O–H groups in total. The summed E-state index contributed by atoms with van der Waals surface area (Å²) in [6, 6.07) is 19.0. The summed E-state index contributed by atoms with van der Waals surface area (Å²) in [5.74, 6) is -0.679. The summed E-state index contributed by atoms with van der Waals surface area (Å²) in [5, 5.41) is 3.30. The van der Waals surface area contributed by atoms with Crippen LogP contribution in [0.4, 0.5) is 4.39 Å². The van der Waals surface area contributed by atoms with Gasteiger partial charge in [0, 0.05) is 28.3 Å². The molecule has 0 amide bonds. The smallest absolute Gasteiger partial charge is 0.336 e. The molecular formula is C31H28FNO5. The molecule has 1 heterocycles. The van der Waals surface area contributed by atoms with Crippen LogP contribution in [0, 0.1) is 5.82 Å². The normalized spacial score (nSPS) is 16.1. The van der Waals surface area contributed by atoms with Crippen LogP contribution < -0.4 is 14.8 Å². The second-order valence-electron chi connectivity index (χ2n) is 9.04. The number of esters is 1. The number of ether oxygens (including phenoxy) is 3. The van der Waals surface area contributed by atoms with Crippen LogP contribution in [0.15, 0.2) is 83.6 Å². The highest BCUT2D eigenvalue weighted by Crippen LogP contribution is 2.48. The number of allylic oxidation sites excluding steroid dienone is 2. The summed E-state index contributed by atoms with van der Waals surface area (Å²) in [5.41, 5.74) is 4.98. The highest BCUT2D eigenvalue weighted by Gasteiger charge is 2.43. The van der Waals surface area contributed by atoms with E-state index in [0.717, 1.165) is 5.56 Å². The first-order valence-corrected chi connectivity index (χ1v) is 12.6. The summed E-state index contributed by atoms with van der Waals surface area (Å²) in [6.07, 6.45) is 0. The Hall–Kier alpha value is -4.39. The lowest BCUT2D eigenvalue weighted by molar-refractivity contribution is -0.138. The summed E-state index contributed by atoms with van der Waals surface area (Å²) in [6.45, 7) is 6.16. The summed E-state index contributed by atoms with van der Waals surface area (Å²) in [7, 11) is 0. The molecule has 3 aromatic rings. The van der Waals surface area contributed by atoms with Gasteiger partial charge in [-0.05, 0) is 56.2 Å². The van der Waals surface area contributed by atoms with E-state index in [1.807, 2.05) is 38.1 Å². The third kappa shape index (κ3) is 4.56. The monoisotopic (exact) mass is 513 g/mol. The molecule has 0 saturated carbocycles. The molecule has 1 aliphatic carbocycles. The molecule has 0 spiro atoms. The summed E-state index contributed by atoms with van der Waals surface area (Å²) in [4.78, 5) is 26.8. The average Bonchev–Trinajstić information content (AvgIpc) is 3.19. The molecule has 1 atom stereocenters. The van der Waals surface area contributed by atoms with Gasteiger partial charge in [-0.15, -0.1) is 0 Å². The lowest BCUT2D eigenvalue weighted by atomic mass is 9.79. The molecule has 5 rings (SSSR count). The topological polar surface area (TPSA) is 73.9 Å². The molecular weight excluding hydrogens is 485 g/mol. The van der Waals surface area contributed by atoms with Crippen molar-refractivity contribution in [1.82, 2.24) is 5.32 Å². The van der Waals surface area contributed by atoms with Crippen LogP contribution in [-0.2, 0) is 16.1 Å². The lowest BCUT2D eigenvalue weighted by Crippen LogP contribution is -2.29. The SMILES string of the molecule is CCOC(=O)C1=C(C)NC2=C(C(=O)c3ccccc32)[C@H]1c1ccc(OCc2cccc(F)c2)c(OCC)c1. The first-order valence-electron chi connectivity index (χ1n) is 12.6. The first-order chi connectivity index (χ1) is 18.4. The van der Waals surface area contributed by atoms with Gasteiger partial charge >= 0.3 is 5.97 Å². The van der Waals surface area contributed by atoms with Crippen LogP contribution in [-0.4, -0.2) is 25.0 Å². The number of nitrogens with one attached hydrogen (secondary N) is 1. The predicted molar refractivity (Wildman–Crippen MR) is 141 cm³/mol. The maximum Gasteiger partial charge on any atom is 0.336 e. The lowest BCUT2D eigenvalue weighted by Gasteiger charge is -2.29. The zero-order chi connectivity index (χ0) is 26.8. The molecule has 2 aliphatic rings. The molecule has 194 valence electrons. The van der Waals surface area contributed by atoms with Gasteiger partial charge < -0.3 is 19.5 Å². The van der Waals surface area contributed by atoms with Gasteiger partial charge in [0.25, 0.3) is 0 Å². The number of hydrogen-bond donors (Lipinski definition) is 1. The standard InChI is InChI=1S/C31H28FNO5/c1-4-36-25-16-20(13-14-24(25)38-17-19-9-8-10-21(32)15-19)27-26(31(35)37-5-2)18(3)33-29-22-11-6-7-12-23(22)30(34)28(27)29/h6-16,27,33H,4-5,17H2,1-3H3/t27-/m0/s1. The second-order valence-corrected chi connectivity index (χ2v) is 9.04. The van der Waals surface area contributed by atoms with Crippen molar-refractivity contribution in [3.8, 4) is 11.5 Å². The molecule has 7 heteroatoms. The number of carbonyl (C=O) groups excluding carboxylic acids is 2. The molecule has 0 radical (unpaired) electrons. The van der Waals surface area contributed by atoms with Crippen LogP contribution >= 0.6 is 0 Å². The Morgan fingerprint density at radius 2 is 1.71 bits per heavy atom. The number of fused-ring (bicyclic) bond motifs is 2. The molecule has 0 aromatic heterocycles. The Labute approximate surface area is 220 Å². The quantitative estimate of drug-likeness (QED) is 0.376. The van der Waals surface area contributed by atoms with Crippen LogP contribution in [0.3, 0.4) is 0 Å². The van der Waals surface area contributed by atoms with E-state index in [2.05, 4.69) is 5.32 Å². The number of dihydropyridines is 1. The van der Waals surface area contributed by atoms with Gasteiger partial charge in [0.15, 0.2) is 17.3 Å². The highest BCUT2D eigenvalue weighted by atomic mass is 19.1. The van der Waals surface area contributed by atoms with Crippen molar-refractivity contribution >= 4 is 17.4 Å². The number of carbonyl (C=O) groups is 2. The number of hydrogen-bond acceptors (Lipinski definition) is 6. The Morgan fingerprint density at radius 1 is 0.921 bits per heavy atom. The fourth-order valence-corrected chi connectivity index (χ4v) is 5.02. The first kappa shape index (κ1) is 25.3. The average molecular weight is 514 g/mol. The van der Waals surface area contributed by atoms with E-state index in [0.29, 0.717) is 57.3 Å². The predicted octanol–water partition coefficient (Wildman–Crippen LogP) is 5.93. The molecule has 1 aliphatic heterocycles. The van der Waals surface area contributed by atoms with E-state index in [9.17, 15) is 14.0 Å². The Kier molecular flexibility index (Phi) is 7.01. The zero-order valence-electron chi connectivity index (χ0n) is 21.5. The van der Waals surface area contributed by atoms with E-state index in [4.69, 9.17) is 14.2 Å². The molecule has 6 nitrogen and oxygen atoms in total. The van der Waals surface area contributed by atoms with Crippen LogP contribution in [0.5, 0.6) is 11.5 Å². The van der Waals surface area contributed by atoms with Gasteiger partial charge in [-0.25, -0.2) is 9.18 Å². The number of benzene rings is 3. The number of halogens is 1. The van der Waals surface area contributed by atoms with Gasteiger partial charge in [-0.3, -0.25) is 4.79 Å². The Morgan fingerprint density at radius 3 is 2.45 bits per heavy atom. The Balaban J connectivity index is 1.58. The van der Waals surface area contributed by atoms with E-state index >= 15 is 0 Å². The van der Waals surface area contributed by atoms with Crippen molar-refractivity contribution in [3.05, 3.63) is 112 Å². The van der Waals surface area contributed by atoms with Crippen molar-refractivity contribution in [2.45, 2.75) is 33.3 Å². The van der Waals surface area contributed by atoms with Crippen molar-refractivity contribution in [2.24, 2.45) is 0 Å². The summed E-state index contributed by atoms with van der Waals surface area (Å²) >= 11 is 0. The van der Waals surface area contributed by atoms with Gasteiger partial charge in [0.1, 0.15) is 12.4 Å². The van der Waals surface area contributed by atoms with Gasteiger partial charge in [-0.2, -0.15) is 0 Å². The maximum atomic E-state index is 13.7. The van der Waals surface area contributed by atoms with Crippen molar-refractivity contribution < 1.29 is 28.2 Å². The van der Waals surface area contributed by atoms with E-state index in [1.165, 1.54) is 12.1 Å². The van der Waals surface area contributed by atoms with Crippen LogP contribution in [0.1, 0.15) is 53.7 Å². The van der Waals surface area contributed by atoms with Crippen LogP contribution in [0.2, 0.25) is 0 Å². The maximum absolute atomic E-state index is 13.7. The molecule has 3 aromatic carbocycles. The molecule has 0 fully saturated rings. The molecule has 0 unspecified atom stereocenters. The molecule has 38 heavy (non-hydrogen) atoms. The van der Waals surface area contributed by atoms with Gasteiger partial charge in [0.05, 0.1) is 24.5 Å². The van der Waals surface area contributed by atoms with E-state index in [1.54, 1.807) is 37.3 Å². The fraction of sp³-hybridized carbons (Fsp3) is 0.226. The minimum absolute atomic E-state index is 0.133. The van der Waals surface area contributed by atoms with Crippen LogP contribution in [0.25, 0.3) is 5.70 Å². The summed E-state index contributed by atoms with van der Waals surface area (Å²) < 4.78 is 30.9. The fourth-order valence-electron chi connectivity index (χ4n) is 5.02.